The molecule has 0 aliphatic rings. The lowest BCUT2D eigenvalue weighted by Crippen LogP contribution is -2.35. The van der Waals surface area contributed by atoms with Crippen LogP contribution in [-0.2, 0) is 0 Å². The first-order chi connectivity index (χ1) is 20.7. The zero-order chi connectivity index (χ0) is 30.6. The molecular weight excluding hydrogens is 514 g/mol. The van der Waals surface area contributed by atoms with E-state index in [0.29, 0.717) is 6.54 Å². The van der Waals surface area contributed by atoms with E-state index in [9.17, 15) is 10.2 Å². The number of hydrogen-bond donors (Lipinski definition) is 2. The van der Waals surface area contributed by atoms with E-state index >= 15 is 0 Å². The molecule has 248 valence electrons. The lowest BCUT2D eigenvalue weighted by Gasteiger charge is -2.24. The third-order valence-electron chi connectivity index (χ3n) is 8.34. The van der Waals surface area contributed by atoms with Gasteiger partial charge in [-0.1, -0.05) is 147 Å². The molecule has 42 heavy (non-hydrogen) atoms. The average Bonchev–Trinajstić information content (AvgIpc) is 3.00. The largest absolute Gasteiger partial charge is 0.394 e. The third kappa shape index (κ3) is 33.6. The van der Waals surface area contributed by atoms with E-state index in [1.54, 1.807) is 0 Å². The van der Waals surface area contributed by atoms with Gasteiger partial charge in [-0.15, -0.1) is 0 Å². The Kier molecular flexibility index (Phi) is 35.5. The van der Waals surface area contributed by atoms with Gasteiger partial charge in [0.2, 0.25) is 0 Å². The van der Waals surface area contributed by atoms with Crippen molar-refractivity contribution in [1.82, 2.24) is 4.90 Å². The molecule has 3 nitrogen and oxygen atoms in total. The van der Waals surface area contributed by atoms with Gasteiger partial charge in [0, 0.05) is 6.54 Å². The maximum absolute atomic E-state index is 9.99. The Labute approximate surface area is 264 Å². The second-order valence-electron chi connectivity index (χ2n) is 12.7. The Bertz CT molecular complexity index is 585. The van der Waals surface area contributed by atoms with Crippen molar-refractivity contribution in [3.8, 4) is 0 Å². The van der Waals surface area contributed by atoms with Crippen LogP contribution >= 0.6 is 0 Å². The van der Waals surface area contributed by atoms with Crippen LogP contribution in [0.25, 0.3) is 0 Å². The maximum Gasteiger partial charge on any atom is 0.0897 e. The van der Waals surface area contributed by atoms with Crippen LogP contribution in [0.15, 0.2) is 36.5 Å². The van der Waals surface area contributed by atoms with E-state index < -0.39 is 6.10 Å². The van der Waals surface area contributed by atoms with Gasteiger partial charge in [0.1, 0.15) is 0 Å². The fraction of sp³-hybridized carbons (Fsp3) is 0.846. The molecule has 0 saturated carbocycles. The molecule has 2 N–H and O–H groups in total. The number of nitrogens with zero attached hydrogens (tertiary/aromatic N) is 1. The second kappa shape index (κ2) is 36.3. The summed E-state index contributed by atoms with van der Waals surface area (Å²) in [6.07, 6.45) is 47.5. The monoisotopic (exact) mass is 590 g/mol. The lowest BCUT2D eigenvalue weighted by atomic mass is 10.1. The van der Waals surface area contributed by atoms with Crippen molar-refractivity contribution in [2.75, 3.05) is 26.2 Å². The van der Waals surface area contributed by atoms with Crippen LogP contribution in [-0.4, -0.2) is 47.5 Å². The Hall–Kier alpha value is -0.900. The minimum atomic E-state index is -0.608. The van der Waals surface area contributed by atoms with Crippen LogP contribution in [0.1, 0.15) is 181 Å². The molecule has 3 heteroatoms. The van der Waals surface area contributed by atoms with Gasteiger partial charge in [-0.05, 0) is 83.7 Å². The first-order valence-electron chi connectivity index (χ1n) is 18.7. The summed E-state index contributed by atoms with van der Waals surface area (Å²) in [5, 5.41) is 19.3. The summed E-state index contributed by atoms with van der Waals surface area (Å²) in [4.78, 5) is 2.39. The van der Waals surface area contributed by atoms with Crippen LogP contribution in [0, 0.1) is 0 Å². The Morgan fingerprint density at radius 3 is 1.21 bits per heavy atom. The highest BCUT2D eigenvalue weighted by Gasteiger charge is 2.10. The van der Waals surface area contributed by atoms with Gasteiger partial charge in [0.25, 0.3) is 0 Å². The Balaban J connectivity index is 3.68. The summed E-state index contributed by atoms with van der Waals surface area (Å²) in [7, 11) is 0. The molecule has 0 aromatic carbocycles. The summed E-state index contributed by atoms with van der Waals surface area (Å²) in [5.41, 5.74) is 0. The SMILES string of the molecule is CCCCCC=CCC=CCCCCCCCCN(CCCCCCCCC=CCCCCCCCC)CC(O)CO. The molecule has 1 atom stereocenters. The summed E-state index contributed by atoms with van der Waals surface area (Å²) >= 11 is 0. The first-order valence-corrected chi connectivity index (χ1v) is 18.7. The van der Waals surface area contributed by atoms with E-state index in [2.05, 4.69) is 55.2 Å². The van der Waals surface area contributed by atoms with Crippen LogP contribution < -0.4 is 0 Å². The van der Waals surface area contributed by atoms with Gasteiger partial charge in [0.05, 0.1) is 12.7 Å². The van der Waals surface area contributed by atoms with Crippen molar-refractivity contribution in [3.63, 3.8) is 0 Å². The average molecular weight is 590 g/mol. The van der Waals surface area contributed by atoms with Crippen molar-refractivity contribution >= 4 is 0 Å². The van der Waals surface area contributed by atoms with E-state index in [4.69, 9.17) is 0 Å². The fourth-order valence-corrected chi connectivity index (χ4v) is 5.56. The molecule has 0 bridgehead atoms. The number of rotatable bonds is 34. The minimum absolute atomic E-state index is 0.131. The molecule has 0 aromatic heterocycles. The highest BCUT2D eigenvalue weighted by Crippen LogP contribution is 2.12. The number of allylic oxidation sites excluding steroid dienone is 6. The highest BCUT2D eigenvalue weighted by molar-refractivity contribution is 4.92. The fourth-order valence-electron chi connectivity index (χ4n) is 5.56. The van der Waals surface area contributed by atoms with Gasteiger partial charge in [-0.25, -0.2) is 0 Å². The molecule has 0 radical (unpaired) electrons. The van der Waals surface area contributed by atoms with Crippen LogP contribution in [0.3, 0.4) is 0 Å². The Morgan fingerprint density at radius 2 is 0.786 bits per heavy atom. The maximum atomic E-state index is 9.99. The lowest BCUT2D eigenvalue weighted by molar-refractivity contribution is 0.0579. The van der Waals surface area contributed by atoms with Gasteiger partial charge in [-0.3, -0.25) is 0 Å². The summed E-state index contributed by atoms with van der Waals surface area (Å²) in [6.45, 7) is 7.13. The van der Waals surface area contributed by atoms with Crippen molar-refractivity contribution in [2.24, 2.45) is 0 Å². The van der Waals surface area contributed by atoms with Crippen LogP contribution in [0.2, 0.25) is 0 Å². The molecule has 0 aliphatic heterocycles. The zero-order valence-corrected chi connectivity index (χ0v) is 28.6. The molecule has 0 saturated heterocycles. The smallest absolute Gasteiger partial charge is 0.0897 e. The minimum Gasteiger partial charge on any atom is -0.394 e. The predicted molar refractivity (Wildman–Crippen MR) is 188 cm³/mol. The molecule has 0 aromatic rings. The summed E-state index contributed by atoms with van der Waals surface area (Å²) < 4.78 is 0. The van der Waals surface area contributed by atoms with E-state index in [1.807, 2.05) is 0 Å². The Morgan fingerprint density at radius 1 is 0.452 bits per heavy atom. The van der Waals surface area contributed by atoms with Gasteiger partial charge in [0.15, 0.2) is 0 Å². The first kappa shape index (κ1) is 41.1. The topological polar surface area (TPSA) is 43.7 Å². The number of hydrogen-bond acceptors (Lipinski definition) is 3. The molecular formula is C39H75NO2. The predicted octanol–water partition coefficient (Wildman–Crippen LogP) is 11.5. The van der Waals surface area contributed by atoms with Gasteiger partial charge < -0.3 is 15.1 Å². The summed E-state index contributed by atoms with van der Waals surface area (Å²) in [5.74, 6) is 0. The molecule has 1 unspecified atom stereocenters. The van der Waals surface area contributed by atoms with Crippen LogP contribution in [0.5, 0.6) is 0 Å². The van der Waals surface area contributed by atoms with Crippen molar-refractivity contribution in [3.05, 3.63) is 36.5 Å². The van der Waals surface area contributed by atoms with Gasteiger partial charge >= 0.3 is 0 Å². The standard InChI is InChI=1S/C39H75NO2/c1-3-5-7-9-11-13-15-17-19-21-23-25-27-29-31-33-35-40(37-39(42)38-41)36-34-32-30-28-26-24-22-20-18-16-14-12-10-8-6-4-2/h11,13,17-20,39,41-42H,3-10,12,14-16,21-38H2,1-2H3. The number of aliphatic hydroxyl groups is 2. The van der Waals surface area contributed by atoms with Gasteiger partial charge in [-0.2, -0.15) is 0 Å². The molecule has 0 heterocycles. The van der Waals surface area contributed by atoms with Crippen molar-refractivity contribution in [2.45, 2.75) is 187 Å². The molecule has 0 spiro atoms. The molecule has 0 aliphatic carbocycles. The zero-order valence-electron chi connectivity index (χ0n) is 28.6. The van der Waals surface area contributed by atoms with E-state index in [-0.39, 0.29) is 6.61 Å². The van der Waals surface area contributed by atoms with Crippen LogP contribution in [0.4, 0.5) is 0 Å². The normalized spacial score (nSPS) is 13.1. The van der Waals surface area contributed by atoms with E-state index in [0.717, 1.165) is 19.5 Å². The molecule has 0 fully saturated rings. The third-order valence-corrected chi connectivity index (χ3v) is 8.34. The highest BCUT2D eigenvalue weighted by atomic mass is 16.3. The molecule has 0 amide bonds. The molecule has 0 rings (SSSR count). The van der Waals surface area contributed by atoms with E-state index in [1.165, 1.54) is 161 Å². The summed E-state index contributed by atoms with van der Waals surface area (Å²) in [6, 6.07) is 0. The van der Waals surface area contributed by atoms with Crippen molar-refractivity contribution < 1.29 is 10.2 Å². The van der Waals surface area contributed by atoms with Crippen molar-refractivity contribution in [1.29, 1.82) is 0 Å². The number of unbranched alkanes of at least 4 members (excludes halogenated alkanes) is 21. The quantitative estimate of drug-likeness (QED) is 0.0579. The second-order valence-corrected chi connectivity index (χ2v) is 12.7. The number of aliphatic hydroxyl groups excluding tert-OH is 2.